The van der Waals surface area contributed by atoms with Crippen molar-refractivity contribution in [2.75, 3.05) is 0 Å². The number of hydrogen-bond donors (Lipinski definition) is 0. The van der Waals surface area contributed by atoms with Crippen LogP contribution in [0.15, 0.2) is 69.9 Å². The van der Waals surface area contributed by atoms with Crippen molar-refractivity contribution in [1.29, 1.82) is 0 Å². The Bertz CT molecular complexity index is 500. The molecule has 0 heteroatoms. The minimum absolute atomic E-state index is 1.31. The molecule has 0 spiro atoms. The first-order valence-corrected chi connectivity index (χ1v) is 5.73. The van der Waals surface area contributed by atoms with E-state index in [9.17, 15) is 0 Å². The van der Waals surface area contributed by atoms with Crippen LogP contribution in [0.4, 0.5) is 0 Å². The molecule has 0 nitrogen and oxygen atoms in total. The SMILES string of the molecule is CC1=CC=C(C)C2=C(C)C=CC=C(C)C2=C1. The Morgan fingerprint density at radius 3 is 2.31 bits per heavy atom. The van der Waals surface area contributed by atoms with Crippen LogP contribution in [-0.4, -0.2) is 0 Å². The van der Waals surface area contributed by atoms with Gasteiger partial charge in [0.05, 0.1) is 0 Å². The third kappa shape index (κ3) is 1.88. The van der Waals surface area contributed by atoms with Crippen LogP contribution in [0.2, 0.25) is 0 Å². The summed E-state index contributed by atoms with van der Waals surface area (Å²) in [6.07, 6.45) is 13.2. The van der Waals surface area contributed by atoms with Crippen LogP contribution >= 0.6 is 0 Å². The molecule has 2 aliphatic rings. The first-order chi connectivity index (χ1) is 7.59. The van der Waals surface area contributed by atoms with Crippen LogP contribution in [0.3, 0.4) is 0 Å². The quantitative estimate of drug-likeness (QED) is 0.546. The highest BCUT2D eigenvalue weighted by Gasteiger charge is 2.14. The van der Waals surface area contributed by atoms with Crippen molar-refractivity contribution in [1.82, 2.24) is 0 Å². The van der Waals surface area contributed by atoms with Gasteiger partial charge in [-0.15, -0.1) is 0 Å². The highest BCUT2D eigenvalue weighted by atomic mass is 14.2. The van der Waals surface area contributed by atoms with E-state index in [1.165, 1.54) is 33.4 Å². The number of fused-ring (bicyclic) bond motifs is 1. The monoisotopic (exact) mass is 210 g/mol. The van der Waals surface area contributed by atoms with Crippen LogP contribution in [-0.2, 0) is 0 Å². The highest BCUT2D eigenvalue weighted by Crippen LogP contribution is 2.33. The molecular weight excluding hydrogens is 192 g/mol. The fraction of sp³-hybridized carbons (Fsp3) is 0.250. The van der Waals surface area contributed by atoms with Crippen molar-refractivity contribution >= 4 is 0 Å². The summed E-state index contributed by atoms with van der Waals surface area (Å²) in [4.78, 5) is 0. The Hall–Kier alpha value is -1.56. The van der Waals surface area contributed by atoms with Gasteiger partial charge in [0.25, 0.3) is 0 Å². The minimum atomic E-state index is 1.31. The van der Waals surface area contributed by atoms with Crippen molar-refractivity contribution < 1.29 is 0 Å². The van der Waals surface area contributed by atoms with Crippen LogP contribution in [0.1, 0.15) is 27.7 Å². The van der Waals surface area contributed by atoms with E-state index < -0.39 is 0 Å². The molecule has 0 fully saturated rings. The van der Waals surface area contributed by atoms with Crippen LogP contribution in [0.25, 0.3) is 0 Å². The van der Waals surface area contributed by atoms with Gasteiger partial charge in [-0.2, -0.15) is 0 Å². The summed E-state index contributed by atoms with van der Waals surface area (Å²) in [5.74, 6) is 0. The Morgan fingerprint density at radius 2 is 1.56 bits per heavy atom. The van der Waals surface area contributed by atoms with Crippen molar-refractivity contribution in [2.45, 2.75) is 27.7 Å². The molecule has 0 amide bonds. The topological polar surface area (TPSA) is 0 Å². The van der Waals surface area contributed by atoms with Gasteiger partial charge in [-0.1, -0.05) is 42.0 Å². The van der Waals surface area contributed by atoms with E-state index in [1.807, 2.05) is 0 Å². The standard InChI is InChI=1S/C16H18/c1-11-8-9-14(4)16-13(3)7-5-6-12(2)15(16)10-11/h5-10H,1-4H3. The fourth-order valence-corrected chi connectivity index (χ4v) is 2.24. The Kier molecular flexibility index (Phi) is 2.82. The number of allylic oxidation sites excluding steroid dienone is 12. The molecule has 0 aromatic carbocycles. The molecule has 0 heterocycles. The van der Waals surface area contributed by atoms with E-state index in [0.717, 1.165) is 0 Å². The minimum Gasteiger partial charge on any atom is -0.0617 e. The molecule has 2 rings (SSSR count). The summed E-state index contributed by atoms with van der Waals surface area (Å²) in [5.41, 5.74) is 8.09. The number of hydrogen-bond acceptors (Lipinski definition) is 0. The molecular formula is C16H18. The molecule has 0 atom stereocenters. The predicted molar refractivity (Wildman–Crippen MR) is 71.2 cm³/mol. The first kappa shape index (κ1) is 10.9. The second-order valence-corrected chi connectivity index (χ2v) is 4.59. The maximum absolute atomic E-state index is 2.28. The lowest BCUT2D eigenvalue weighted by atomic mass is 9.91. The van der Waals surface area contributed by atoms with E-state index in [-0.39, 0.29) is 0 Å². The highest BCUT2D eigenvalue weighted by molar-refractivity contribution is 5.64. The van der Waals surface area contributed by atoms with Crippen molar-refractivity contribution in [2.24, 2.45) is 0 Å². The summed E-state index contributed by atoms with van der Waals surface area (Å²) >= 11 is 0. The van der Waals surface area contributed by atoms with Crippen LogP contribution < -0.4 is 0 Å². The van der Waals surface area contributed by atoms with Gasteiger partial charge in [-0.05, 0) is 55.6 Å². The van der Waals surface area contributed by atoms with E-state index in [2.05, 4.69) is 64.2 Å². The van der Waals surface area contributed by atoms with E-state index in [1.54, 1.807) is 0 Å². The second-order valence-electron chi connectivity index (χ2n) is 4.59. The van der Waals surface area contributed by atoms with E-state index in [4.69, 9.17) is 0 Å². The molecule has 82 valence electrons. The summed E-state index contributed by atoms with van der Waals surface area (Å²) in [6.45, 7) is 8.71. The average molecular weight is 210 g/mol. The van der Waals surface area contributed by atoms with Gasteiger partial charge in [0.1, 0.15) is 0 Å². The Balaban J connectivity index is 2.72. The molecule has 0 saturated carbocycles. The van der Waals surface area contributed by atoms with Gasteiger partial charge in [-0.3, -0.25) is 0 Å². The molecule has 0 unspecified atom stereocenters. The lowest BCUT2D eigenvalue weighted by Gasteiger charge is -2.13. The van der Waals surface area contributed by atoms with E-state index in [0.29, 0.717) is 0 Å². The zero-order chi connectivity index (χ0) is 11.7. The van der Waals surface area contributed by atoms with Crippen LogP contribution in [0, 0.1) is 0 Å². The van der Waals surface area contributed by atoms with Gasteiger partial charge >= 0.3 is 0 Å². The largest absolute Gasteiger partial charge is 0.0617 e. The number of rotatable bonds is 0. The Labute approximate surface area is 98.1 Å². The third-order valence-electron chi connectivity index (χ3n) is 3.14. The molecule has 0 aliphatic heterocycles. The summed E-state index contributed by atoms with van der Waals surface area (Å²) in [7, 11) is 0. The molecule has 0 saturated heterocycles. The smallest absolute Gasteiger partial charge is 0.0123 e. The molecule has 0 bridgehead atoms. The van der Waals surface area contributed by atoms with Crippen molar-refractivity contribution in [3.63, 3.8) is 0 Å². The molecule has 16 heavy (non-hydrogen) atoms. The Morgan fingerprint density at radius 1 is 0.812 bits per heavy atom. The lowest BCUT2D eigenvalue weighted by molar-refractivity contribution is 1.27. The van der Waals surface area contributed by atoms with Crippen LogP contribution in [0.5, 0.6) is 0 Å². The maximum atomic E-state index is 2.28. The van der Waals surface area contributed by atoms with Gasteiger partial charge in [-0.25, -0.2) is 0 Å². The van der Waals surface area contributed by atoms with Crippen molar-refractivity contribution in [3.05, 3.63) is 69.9 Å². The zero-order valence-electron chi connectivity index (χ0n) is 10.5. The molecule has 0 N–H and O–H groups in total. The molecule has 2 aliphatic carbocycles. The summed E-state index contributed by atoms with van der Waals surface area (Å²) < 4.78 is 0. The summed E-state index contributed by atoms with van der Waals surface area (Å²) in [5, 5.41) is 0. The van der Waals surface area contributed by atoms with Gasteiger partial charge < -0.3 is 0 Å². The van der Waals surface area contributed by atoms with Crippen molar-refractivity contribution in [3.8, 4) is 0 Å². The van der Waals surface area contributed by atoms with Gasteiger partial charge in [0, 0.05) is 0 Å². The lowest BCUT2D eigenvalue weighted by Crippen LogP contribution is -1.95. The third-order valence-corrected chi connectivity index (χ3v) is 3.14. The fourth-order valence-electron chi connectivity index (χ4n) is 2.24. The molecule has 0 aromatic rings. The first-order valence-electron chi connectivity index (χ1n) is 5.73. The van der Waals surface area contributed by atoms with Gasteiger partial charge in [0.15, 0.2) is 0 Å². The van der Waals surface area contributed by atoms with E-state index >= 15 is 0 Å². The summed E-state index contributed by atoms with van der Waals surface area (Å²) in [6, 6.07) is 0. The predicted octanol–water partition coefficient (Wildman–Crippen LogP) is 4.65. The normalized spacial score (nSPS) is 20.2. The molecule has 0 radical (unpaired) electrons. The van der Waals surface area contributed by atoms with Gasteiger partial charge in [0.2, 0.25) is 0 Å². The average Bonchev–Trinajstić information content (AvgIpc) is 2.45. The molecule has 0 aromatic heterocycles. The maximum Gasteiger partial charge on any atom is -0.0123 e. The second kappa shape index (κ2) is 4.13. The zero-order valence-corrected chi connectivity index (χ0v) is 10.5.